The number of nitrogens with zero attached hydrogens (tertiary/aromatic N) is 2. The summed E-state index contributed by atoms with van der Waals surface area (Å²) in [6, 6.07) is 17.9. The SMILES string of the molecule is CCOc1ccc(C2=CC(c3ccccc3)n3c(sc(=C4SC(C)=C(C)S4)c3=O)=N2)cc1. The van der Waals surface area contributed by atoms with Crippen LogP contribution in [0.3, 0.4) is 0 Å². The van der Waals surface area contributed by atoms with Crippen LogP contribution in [-0.4, -0.2) is 11.2 Å². The molecule has 2 aliphatic heterocycles. The second-order valence-corrected chi connectivity index (χ2v) is 11.2. The molecule has 0 amide bonds. The Morgan fingerprint density at radius 1 is 1.00 bits per heavy atom. The van der Waals surface area contributed by atoms with Crippen LogP contribution in [0.1, 0.15) is 37.9 Å². The van der Waals surface area contributed by atoms with E-state index in [1.54, 1.807) is 23.5 Å². The molecule has 5 rings (SSSR count). The molecule has 0 spiro atoms. The van der Waals surface area contributed by atoms with Crippen molar-refractivity contribution in [2.24, 2.45) is 4.99 Å². The standard InChI is InChI=1S/C25H22N2O2S3/c1-4-29-19-12-10-17(11-13-19)20-14-21(18-8-6-5-7-9-18)27-23(28)22(32-25(27)26-20)24-30-15(2)16(3)31-24/h5-14,21H,4H2,1-3H3. The van der Waals surface area contributed by atoms with Crippen molar-refractivity contribution in [1.82, 2.24) is 4.57 Å². The topological polar surface area (TPSA) is 43.6 Å². The zero-order chi connectivity index (χ0) is 22.2. The molecule has 4 nitrogen and oxygen atoms in total. The average Bonchev–Trinajstić information content (AvgIpc) is 3.33. The van der Waals surface area contributed by atoms with Gasteiger partial charge >= 0.3 is 0 Å². The summed E-state index contributed by atoms with van der Waals surface area (Å²) in [5.74, 6) is 0.840. The Balaban J connectivity index is 1.68. The lowest BCUT2D eigenvalue weighted by atomic mass is 10.0. The highest BCUT2D eigenvalue weighted by Crippen LogP contribution is 2.48. The Morgan fingerprint density at radius 3 is 2.34 bits per heavy atom. The summed E-state index contributed by atoms with van der Waals surface area (Å²) < 4.78 is 9.25. The molecule has 0 N–H and O–H groups in total. The van der Waals surface area contributed by atoms with Crippen molar-refractivity contribution in [3.8, 4) is 5.75 Å². The number of fused-ring (bicyclic) bond motifs is 1. The van der Waals surface area contributed by atoms with E-state index in [4.69, 9.17) is 9.73 Å². The molecule has 2 aromatic carbocycles. The minimum Gasteiger partial charge on any atom is -0.494 e. The fourth-order valence-electron chi connectivity index (χ4n) is 3.68. The van der Waals surface area contributed by atoms with E-state index in [0.29, 0.717) is 6.61 Å². The average molecular weight is 479 g/mol. The summed E-state index contributed by atoms with van der Waals surface area (Å²) in [4.78, 5) is 21.7. The van der Waals surface area contributed by atoms with Gasteiger partial charge in [0, 0.05) is 5.56 Å². The molecular formula is C25H22N2O2S3. The highest BCUT2D eigenvalue weighted by molar-refractivity contribution is 8.35. The summed E-state index contributed by atoms with van der Waals surface area (Å²) >= 11 is 4.86. The number of aromatic nitrogens is 1. The van der Waals surface area contributed by atoms with Crippen LogP contribution < -0.4 is 19.6 Å². The highest BCUT2D eigenvalue weighted by atomic mass is 32.2. The van der Waals surface area contributed by atoms with Crippen LogP contribution in [-0.2, 0) is 0 Å². The van der Waals surface area contributed by atoms with Gasteiger partial charge in [0.15, 0.2) is 4.80 Å². The van der Waals surface area contributed by atoms with Crippen molar-refractivity contribution in [2.45, 2.75) is 26.8 Å². The number of hydrogen-bond donors (Lipinski definition) is 0. The van der Waals surface area contributed by atoms with Crippen LogP contribution in [0.5, 0.6) is 5.75 Å². The number of benzene rings is 2. The van der Waals surface area contributed by atoms with E-state index in [9.17, 15) is 4.79 Å². The van der Waals surface area contributed by atoms with Crippen LogP contribution in [0.15, 0.2) is 80.3 Å². The molecule has 1 aromatic heterocycles. The van der Waals surface area contributed by atoms with Gasteiger partial charge < -0.3 is 4.74 Å². The van der Waals surface area contributed by atoms with Gasteiger partial charge in [-0.2, -0.15) is 0 Å². The molecule has 0 bridgehead atoms. The van der Waals surface area contributed by atoms with Crippen molar-refractivity contribution in [3.05, 3.63) is 101 Å². The van der Waals surface area contributed by atoms with Gasteiger partial charge in [-0.25, -0.2) is 4.99 Å². The van der Waals surface area contributed by atoms with Gasteiger partial charge in [-0.15, -0.1) is 0 Å². The molecule has 2 aliphatic rings. The highest BCUT2D eigenvalue weighted by Gasteiger charge is 2.25. The molecule has 0 aliphatic carbocycles. The van der Waals surface area contributed by atoms with Gasteiger partial charge in [-0.05, 0) is 66.5 Å². The van der Waals surface area contributed by atoms with Crippen LogP contribution in [0.25, 0.3) is 9.93 Å². The summed E-state index contributed by atoms with van der Waals surface area (Å²) in [7, 11) is 0. The Kier molecular flexibility index (Phi) is 5.88. The van der Waals surface area contributed by atoms with Gasteiger partial charge in [0.1, 0.15) is 10.3 Å². The molecule has 7 heteroatoms. The zero-order valence-electron chi connectivity index (χ0n) is 18.0. The maximum atomic E-state index is 13.6. The number of ether oxygens (including phenoxy) is 1. The molecule has 1 atom stereocenters. The van der Waals surface area contributed by atoms with Gasteiger partial charge in [-0.3, -0.25) is 9.36 Å². The Labute approximate surface area is 199 Å². The second kappa shape index (κ2) is 8.81. The summed E-state index contributed by atoms with van der Waals surface area (Å²) in [6.07, 6.45) is 2.09. The third-order valence-electron chi connectivity index (χ3n) is 5.40. The van der Waals surface area contributed by atoms with E-state index in [-0.39, 0.29) is 11.6 Å². The summed E-state index contributed by atoms with van der Waals surface area (Å²) in [5, 5.41) is 0. The molecule has 32 heavy (non-hydrogen) atoms. The Morgan fingerprint density at radius 2 is 1.69 bits per heavy atom. The molecular weight excluding hydrogens is 456 g/mol. The molecule has 1 unspecified atom stereocenters. The first kappa shape index (κ1) is 21.4. The lowest BCUT2D eigenvalue weighted by Gasteiger charge is -2.19. The van der Waals surface area contributed by atoms with Crippen molar-refractivity contribution in [3.63, 3.8) is 0 Å². The first-order valence-corrected chi connectivity index (χ1v) is 12.9. The number of thioether (sulfide) groups is 2. The molecule has 0 radical (unpaired) electrons. The maximum Gasteiger partial charge on any atom is 0.272 e. The van der Waals surface area contributed by atoms with Gasteiger partial charge in [0.05, 0.1) is 22.6 Å². The lowest BCUT2D eigenvalue weighted by molar-refractivity contribution is 0.340. The van der Waals surface area contributed by atoms with E-state index in [1.165, 1.54) is 21.1 Å². The van der Waals surface area contributed by atoms with Crippen molar-refractivity contribution in [2.75, 3.05) is 6.61 Å². The van der Waals surface area contributed by atoms with E-state index in [1.807, 2.05) is 54.0 Å². The van der Waals surface area contributed by atoms with E-state index in [2.05, 4.69) is 32.1 Å². The quantitative estimate of drug-likeness (QED) is 0.506. The number of rotatable bonds is 4. The van der Waals surface area contributed by atoms with Crippen LogP contribution >= 0.6 is 34.9 Å². The van der Waals surface area contributed by atoms with Gasteiger partial charge in [0.2, 0.25) is 0 Å². The number of allylic oxidation sites excluding steroid dienone is 3. The van der Waals surface area contributed by atoms with E-state index >= 15 is 0 Å². The minimum atomic E-state index is -0.199. The van der Waals surface area contributed by atoms with Crippen molar-refractivity contribution >= 4 is 44.8 Å². The second-order valence-electron chi connectivity index (χ2n) is 7.47. The number of hydrogen-bond acceptors (Lipinski definition) is 6. The predicted molar refractivity (Wildman–Crippen MR) is 136 cm³/mol. The molecule has 0 fully saturated rings. The normalized spacial score (nSPS) is 17.8. The van der Waals surface area contributed by atoms with Gasteiger partial charge in [-0.1, -0.05) is 65.2 Å². The fraction of sp³-hybridized carbons (Fsp3) is 0.200. The monoisotopic (exact) mass is 478 g/mol. The lowest BCUT2D eigenvalue weighted by Crippen LogP contribution is -2.36. The zero-order valence-corrected chi connectivity index (χ0v) is 20.4. The molecule has 0 saturated heterocycles. The minimum absolute atomic E-state index is 0.0297. The van der Waals surface area contributed by atoms with E-state index < -0.39 is 0 Å². The maximum absolute atomic E-state index is 13.6. The first-order chi connectivity index (χ1) is 15.5. The summed E-state index contributed by atoms with van der Waals surface area (Å²) in [5.41, 5.74) is 2.98. The molecule has 162 valence electrons. The summed E-state index contributed by atoms with van der Waals surface area (Å²) in [6.45, 7) is 6.82. The van der Waals surface area contributed by atoms with Crippen molar-refractivity contribution < 1.29 is 4.74 Å². The molecule has 3 heterocycles. The predicted octanol–water partition coefficient (Wildman–Crippen LogP) is 5.37. The first-order valence-electron chi connectivity index (χ1n) is 10.4. The Hall–Kier alpha value is -2.48. The Bertz CT molecular complexity index is 1400. The van der Waals surface area contributed by atoms with E-state index in [0.717, 1.165) is 36.1 Å². The smallest absolute Gasteiger partial charge is 0.272 e. The molecule has 0 saturated carbocycles. The van der Waals surface area contributed by atoms with Crippen molar-refractivity contribution in [1.29, 1.82) is 0 Å². The largest absolute Gasteiger partial charge is 0.494 e. The fourth-order valence-corrected chi connectivity index (χ4v) is 7.44. The van der Waals surface area contributed by atoms with Crippen LogP contribution in [0, 0.1) is 0 Å². The van der Waals surface area contributed by atoms with Gasteiger partial charge in [0.25, 0.3) is 5.56 Å². The molecule has 3 aromatic rings. The third-order valence-corrected chi connectivity index (χ3v) is 9.34. The number of thiazole rings is 1. The third kappa shape index (κ3) is 3.89. The van der Waals surface area contributed by atoms with Crippen LogP contribution in [0.2, 0.25) is 0 Å². The van der Waals surface area contributed by atoms with Crippen LogP contribution in [0.4, 0.5) is 0 Å².